The summed E-state index contributed by atoms with van der Waals surface area (Å²) >= 11 is 0. The molecule has 0 radical (unpaired) electrons. The minimum Gasteiger partial charge on any atom is -0.446 e. The molecule has 1 aromatic rings. The number of benzene rings is 1. The van der Waals surface area contributed by atoms with E-state index >= 15 is 0 Å². The van der Waals surface area contributed by atoms with Crippen LogP contribution in [0.5, 0.6) is 0 Å². The number of hydrogen-bond acceptors (Lipinski definition) is 3. The van der Waals surface area contributed by atoms with Gasteiger partial charge in [-0.15, -0.1) is 0 Å². The van der Waals surface area contributed by atoms with E-state index in [4.69, 9.17) is 9.47 Å². The molecule has 2 bridgehead atoms. The van der Waals surface area contributed by atoms with Gasteiger partial charge in [0.1, 0.15) is 6.10 Å². The Morgan fingerprint density at radius 3 is 2.82 bits per heavy atom. The number of carbonyl (C=O) groups is 1. The molecule has 4 nitrogen and oxygen atoms in total. The van der Waals surface area contributed by atoms with E-state index in [0.29, 0.717) is 24.0 Å². The van der Waals surface area contributed by atoms with Crippen LogP contribution >= 0.6 is 0 Å². The quantitative estimate of drug-likeness (QED) is 0.852. The minimum absolute atomic E-state index is 0.106. The van der Waals surface area contributed by atoms with Gasteiger partial charge in [0.15, 0.2) is 0 Å². The Balaban J connectivity index is 1.22. The Labute approximate surface area is 130 Å². The second-order valence-corrected chi connectivity index (χ2v) is 7.45. The highest BCUT2D eigenvalue weighted by Gasteiger charge is 2.67. The van der Waals surface area contributed by atoms with Crippen LogP contribution in [0.1, 0.15) is 24.8 Å². The molecule has 1 aromatic carbocycles. The number of rotatable bonds is 2. The van der Waals surface area contributed by atoms with E-state index in [0.717, 1.165) is 23.9 Å². The third kappa shape index (κ3) is 1.89. The average Bonchev–Trinajstić information content (AvgIpc) is 2.84. The predicted molar refractivity (Wildman–Crippen MR) is 81.5 cm³/mol. The SMILES string of the molecule is Cc1ccc(NC(=O)O[C@@H]2C[C@H]3C[C@H]2[C@@H]2C[C@@H]4O[C@@H]4[C@@H]32)cc1. The maximum atomic E-state index is 12.1. The molecule has 22 heavy (non-hydrogen) atoms. The average molecular weight is 299 g/mol. The van der Waals surface area contributed by atoms with Crippen molar-refractivity contribution in [3.63, 3.8) is 0 Å². The van der Waals surface area contributed by atoms with Gasteiger partial charge in [0, 0.05) is 5.69 Å². The number of fused-ring (bicyclic) bond motifs is 7. The molecule has 5 rings (SSSR count). The highest BCUT2D eigenvalue weighted by molar-refractivity contribution is 5.84. The summed E-state index contributed by atoms with van der Waals surface area (Å²) in [4.78, 5) is 12.1. The number of ether oxygens (including phenoxy) is 2. The Hall–Kier alpha value is -1.55. The molecule has 116 valence electrons. The summed E-state index contributed by atoms with van der Waals surface area (Å²) in [6.07, 6.45) is 4.31. The molecule has 1 amide bonds. The summed E-state index contributed by atoms with van der Waals surface area (Å²) in [6, 6.07) is 7.80. The van der Waals surface area contributed by atoms with Crippen LogP contribution in [0.2, 0.25) is 0 Å². The van der Waals surface area contributed by atoms with Crippen molar-refractivity contribution in [1.29, 1.82) is 0 Å². The predicted octanol–water partition coefficient (Wildman–Crippen LogP) is 3.36. The molecule has 3 aliphatic carbocycles. The standard InChI is InChI=1S/C18H21NO3/c1-9-2-4-11(5-3-9)19-18(20)22-14-7-10-6-12(14)13-8-15-17(21-15)16(10)13/h2-5,10,12-17H,6-8H2,1H3,(H,19,20)/t10-,12+,13+,14-,15+,16+,17+/m1/s1. The van der Waals surface area contributed by atoms with Gasteiger partial charge in [-0.1, -0.05) is 17.7 Å². The lowest BCUT2D eigenvalue weighted by Crippen LogP contribution is -2.35. The third-order valence-corrected chi connectivity index (χ3v) is 6.24. The van der Waals surface area contributed by atoms with E-state index in [9.17, 15) is 4.79 Å². The second-order valence-electron chi connectivity index (χ2n) is 7.45. The number of nitrogens with one attached hydrogen (secondary N) is 1. The van der Waals surface area contributed by atoms with Crippen molar-refractivity contribution in [2.75, 3.05) is 5.32 Å². The summed E-state index contributed by atoms with van der Waals surface area (Å²) < 4.78 is 11.5. The number of amides is 1. The maximum absolute atomic E-state index is 12.1. The van der Waals surface area contributed by atoms with Gasteiger partial charge in [0.2, 0.25) is 0 Å². The topological polar surface area (TPSA) is 50.9 Å². The Kier molecular flexibility index (Phi) is 2.63. The zero-order valence-electron chi connectivity index (χ0n) is 12.7. The summed E-state index contributed by atoms with van der Waals surface area (Å²) in [5.41, 5.74) is 1.98. The van der Waals surface area contributed by atoms with E-state index in [-0.39, 0.29) is 12.2 Å². The first-order valence-corrected chi connectivity index (χ1v) is 8.39. The second kappa shape index (κ2) is 4.48. The summed E-state index contributed by atoms with van der Waals surface area (Å²) in [5.74, 6) is 2.77. The number of hydrogen-bond donors (Lipinski definition) is 1. The fourth-order valence-electron chi connectivity index (χ4n) is 5.32. The van der Waals surface area contributed by atoms with Crippen molar-refractivity contribution in [3.05, 3.63) is 29.8 Å². The van der Waals surface area contributed by atoms with Crippen LogP contribution in [0.15, 0.2) is 24.3 Å². The number of aryl methyl sites for hydroxylation is 1. The zero-order chi connectivity index (χ0) is 14.8. The largest absolute Gasteiger partial charge is 0.446 e. The van der Waals surface area contributed by atoms with Gasteiger partial charge in [-0.05, 0) is 62.0 Å². The Bertz CT molecular complexity index is 613. The monoisotopic (exact) mass is 299 g/mol. The molecule has 1 N–H and O–H groups in total. The van der Waals surface area contributed by atoms with Crippen molar-refractivity contribution < 1.29 is 14.3 Å². The molecular weight excluding hydrogens is 278 g/mol. The Morgan fingerprint density at radius 1 is 1.18 bits per heavy atom. The molecule has 0 unspecified atom stereocenters. The van der Waals surface area contributed by atoms with E-state index in [1.54, 1.807) is 0 Å². The summed E-state index contributed by atoms with van der Waals surface area (Å²) in [7, 11) is 0. The molecule has 3 saturated carbocycles. The minimum atomic E-state index is -0.308. The van der Waals surface area contributed by atoms with Crippen LogP contribution in [0.25, 0.3) is 0 Å². The van der Waals surface area contributed by atoms with Gasteiger partial charge >= 0.3 is 6.09 Å². The highest BCUT2D eigenvalue weighted by atomic mass is 16.6. The fourth-order valence-corrected chi connectivity index (χ4v) is 5.32. The van der Waals surface area contributed by atoms with Crippen molar-refractivity contribution in [2.24, 2.45) is 23.7 Å². The normalized spacial score (nSPS) is 43.6. The van der Waals surface area contributed by atoms with Crippen LogP contribution in [-0.4, -0.2) is 24.4 Å². The van der Waals surface area contributed by atoms with Gasteiger partial charge < -0.3 is 9.47 Å². The molecule has 4 heteroatoms. The molecule has 1 heterocycles. The van der Waals surface area contributed by atoms with Gasteiger partial charge in [-0.25, -0.2) is 4.79 Å². The van der Waals surface area contributed by atoms with Crippen molar-refractivity contribution >= 4 is 11.8 Å². The number of carbonyl (C=O) groups excluding carboxylic acids is 1. The van der Waals surface area contributed by atoms with Crippen LogP contribution < -0.4 is 5.32 Å². The fraction of sp³-hybridized carbons (Fsp3) is 0.611. The van der Waals surface area contributed by atoms with Crippen molar-refractivity contribution in [1.82, 2.24) is 0 Å². The first kappa shape index (κ1) is 12.9. The molecular formula is C18H21NO3. The Morgan fingerprint density at radius 2 is 2.00 bits per heavy atom. The van der Waals surface area contributed by atoms with Gasteiger partial charge in [0.05, 0.1) is 12.2 Å². The maximum Gasteiger partial charge on any atom is 0.411 e. The van der Waals surface area contributed by atoms with Crippen LogP contribution in [0.4, 0.5) is 10.5 Å². The zero-order valence-corrected chi connectivity index (χ0v) is 12.7. The van der Waals surface area contributed by atoms with Gasteiger partial charge in [0.25, 0.3) is 0 Å². The molecule has 4 fully saturated rings. The van der Waals surface area contributed by atoms with Crippen LogP contribution in [-0.2, 0) is 9.47 Å². The molecule has 7 atom stereocenters. The molecule has 4 aliphatic rings. The lowest BCUT2D eigenvalue weighted by Gasteiger charge is -2.32. The van der Waals surface area contributed by atoms with Crippen molar-refractivity contribution in [3.8, 4) is 0 Å². The third-order valence-electron chi connectivity index (χ3n) is 6.24. The van der Waals surface area contributed by atoms with Crippen LogP contribution in [0.3, 0.4) is 0 Å². The lowest BCUT2D eigenvalue weighted by atomic mass is 9.79. The first-order chi connectivity index (χ1) is 10.7. The summed E-state index contributed by atoms with van der Waals surface area (Å²) in [5, 5.41) is 2.85. The molecule has 0 aromatic heterocycles. The van der Waals surface area contributed by atoms with Gasteiger partial charge in [-0.3, -0.25) is 5.32 Å². The smallest absolute Gasteiger partial charge is 0.411 e. The lowest BCUT2D eigenvalue weighted by molar-refractivity contribution is 0.0251. The first-order valence-electron chi connectivity index (χ1n) is 8.39. The van der Waals surface area contributed by atoms with E-state index in [1.165, 1.54) is 18.4 Å². The van der Waals surface area contributed by atoms with Gasteiger partial charge in [-0.2, -0.15) is 0 Å². The molecule has 1 aliphatic heterocycles. The molecule has 0 spiro atoms. The number of anilines is 1. The van der Waals surface area contributed by atoms with Crippen molar-refractivity contribution in [2.45, 2.75) is 44.5 Å². The van der Waals surface area contributed by atoms with Crippen LogP contribution in [0, 0.1) is 30.6 Å². The van der Waals surface area contributed by atoms with E-state index in [1.807, 2.05) is 31.2 Å². The van der Waals surface area contributed by atoms with E-state index < -0.39 is 0 Å². The van der Waals surface area contributed by atoms with E-state index in [2.05, 4.69) is 5.32 Å². The summed E-state index contributed by atoms with van der Waals surface area (Å²) in [6.45, 7) is 2.03. The molecule has 1 saturated heterocycles. The number of epoxide rings is 1. The highest BCUT2D eigenvalue weighted by Crippen LogP contribution is 2.64.